The number of carbonyl (C=O) groups is 2. The molecule has 0 bridgehead atoms. The molecule has 15 heavy (non-hydrogen) atoms. The smallest absolute Gasteiger partial charge is 0.311 e. The maximum absolute atomic E-state index is 11.4. The molecule has 3 heteroatoms. The van der Waals surface area contributed by atoms with Gasteiger partial charge in [-0.05, 0) is 11.5 Å². The van der Waals surface area contributed by atoms with Gasteiger partial charge in [-0.25, -0.2) is 0 Å². The number of rotatable bonds is 4. The third-order valence-electron chi connectivity index (χ3n) is 2.21. The number of ketones is 1. The standard InChI is InChI=1S/C12H14O3/c1-8(2)9-3-5-10(6-4-9)11(13)7-12(14)15/h3-6,8H,7H2,1-2H3,(H,14,15). The maximum atomic E-state index is 11.4. The molecular formula is C12H14O3. The molecule has 0 radical (unpaired) electrons. The van der Waals surface area contributed by atoms with Crippen LogP contribution in [0.1, 0.15) is 42.1 Å². The molecule has 0 aromatic heterocycles. The predicted molar refractivity (Wildman–Crippen MR) is 57.1 cm³/mol. The predicted octanol–water partition coefficient (Wildman–Crippen LogP) is 2.47. The Labute approximate surface area is 88.7 Å². The zero-order valence-electron chi connectivity index (χ0n) is 8.86. The fourth-order valence-electron chi connectivity index (χ4n) is 1.29. The summed E-state index contributed by atoms with van der Waals surface area (Å²) in [5, 5.41) is 8.47. The summed E-state index contributed by atoms with van der Waals surface area (Å²) in [5.41, 5.74) is 1.60. The van der Waals surface area contributed by atoms with Crippen LogP contribution in [0.25, 0.3) is 0 Å². The second-order valence-corrected chi connectivity index (χ2v) is 3.77. The first-order valence-electron chi connectivity index (χ1n) is 4.85. The Bertz CT molecular complexity index is 363. The van der Waals surface area contributed by atoms with Crippen LogP contribution in [0.15, 0.2) is 24.3 Å². The summed E-state index contributed by atoms with van der Waals surface area (Å²) in [4.78, 5) is 21.7. The Morgan fingerprint density at radius 3 is 2.13 bits per heavy atom. The van der Waals surface area contributed by atoms with Crippen LogP contribution in [-0.2, 0) is 4.79 Å². The van der Waals surface area contributed by atoms with Gasteiger partial charge in [0.05, 0.1) is 0 Å². The molecule has 1 N–H and O–H groups in total. The Morgan fingerprint density at radius 2 is 1.73 bits per heavy atom. The molecule has 1 aromatic carbocycles. The van der Waals surface area contributed by atoms with Gasteiger partial charge in [0, 0.05) is 5.56 Å². The van der Waals surface area contributed by atoms with E-state index in [2.05, 4.69) is 13.8 Å². The Kier molecular flexibility index (Phi) is 3.61. The fourth-order valence-corrected chi connectivity index (χ4v) is 1.29. The fraction of sp³-hybridized carbons (Fsp3) is 0.333. The highest BCUT2D eigenvalue weighted by Gasteiger charge is 2.10. The molecule has 0 saturated heterocycles. The lowest BCUT2D eigenvalue weighted by atomic mass is 10.00. The first-order valence-corrected chi connectivity index (χ1v) is 4.85. The van der Waals surface area contributed by atoms with E-state index in [0.29, 0.717) is 11.5 Å². The van der Waals surface area contributed by atoms with Crippen LogP contribution in [0.3, 0.4) is 0 Å². The minimum Gasteiger partial charge on any atom is -0.481 e. The van der Waals surface area contributed by atoms with Crippen LogP contribution < -0.4 is 0 Å². The Balaban J connectivity index is 2.80. The van der Waals surface area contributed by atoms with Crippen molar-refractivity contribution in [2.24, 2.45) is 0 Å². The van der Waals surface area contributed by atoms with E-state index in [1.807, 2.05) is 12.1 Å². The number of aliphatic carboxylic acids is 1. The molecule has 0 heterocycles. The van der Waals surface area contributed by atoms with Crippen molar-refractivity contribution in [3.05, 3.63) is 35.4 Å². The lowest BCUT2D eigenvalue weighted by molar-refractivity contribution is -0.135. The average Bonchev–Trinajstić information content (AvgIpc) is 2.17. The van der Waals surface area contributed by atoms with Gasteiger partial charge < -0.3 is 5.11 Å². The first kappa shape index (κ1) is 11.4. The number of carboxylic acids is 1. The third kappa shape index (κ3) is 3.20. The van der Waals surface area contributed by atoms with E-state index in [1.54, 1.807) is 12.1 Å². The highest BCUT2D eigenvalue weighted by Crippen LogP contribution is 2.15. The summed E-state index contributed by atoms with van der Waals surface area (Å²) in [6.45, 7) is 4.13. The zero-order chi connectivity index (χ0) is 11.4. The van der Waals surface area contributed by atoms with Crippen molar-refractivity contribution >= 4 is 11.8 Å². The number of hydrogen-bond acceptors (Lipinski definition) is 2. The molecule has 0 atom stereocenters. The van der Waals surface area contributed by atoms with Gasteiger partial charge >= 0.3 is 5.97 Å². The molecule has 0 spiro atoms. The van der Waals surface area contributed by atoms with E-state index in [0.717, 1.165) is 5.56 Å². The molecule has 1 rings (SSSR count). The van der Waals surface area contributed by atoms with E-state index in [1.165, 1.54) is 0 Å². The van der Waals surface area contributed by atoms with Gasteiger partial charge in [0.1, 0.15) is 6.42 Å². The highest BCUT2D eigenvalue weighted by atomic mass is 16.4. The molecule has 0 fully saturated rings. The van der Waals surface area contributed by atoms with E-state index >= 15 is 0 Å². The van der Waals surface area contributed by atoms with Gasteiger partial charge in [-0.1, -0.05) is 38.1 Å². The average molecular weight is 206 g/mol. The molecule has 3 nitrogen and oxygen atoms in total. The van der Waals surface area contributed by atoms with Crippen molar-refractivity contribution in [2.45, 2.75) is 26.2 Å². The summed E-state index contributed by atoms with van der Waals surface area (Å²) in [5.74, 6) is -1.03. The van der Waals surface area contributed by atoms with E-state index in [9.17, 15) is 9.59 Å². The van der Waals surface area contributed by atoms with Crippen molar-refractivity contribution in [1.29, 1.82) is 0 Å². The van der Waals surface area contributed by atoms with Crippen LogP contribution in [0, 0.1) is 0 Å². The molecule has 0 aliphatic heterocycles. The Morgan fingerprint density at radius 1 is 1.20 bits per heavy atom. The summed E-state index contributed by atoms with van der Waals surface area (Å²) in [7, 11) is 0. The minimum atomic E-state index is -1.09. The minimum absolute atomic E-state index is 0.349. The lowest BCUT2D eigenvalue weighted by Gasteiger charge is -2.05. The van der Waals surface area contributed by atoms with Gasteiger partial charge in [-0.3, -0.25) is 9.59 Å². The van der Waals surface area contributed by atoms with E-state index in [4.69, 9.17) is 5.11 Å². The van der Waals surface area contributed by atoms with Crippen LogP contribution in [0.4, 0.5) is 0 Å². The normalized spacial score (nSPS) is 10.3. The summed E-state index contributed by atoms with van der Waals surface area (Å²) >= 11 is 0. The molecule has 80 valence electrons. The lowest BCUT2D eigenvalue weighted by Crippen LogP contribution is -2.06. The van der Waals surface area contributed by atoms with Crippen molar-refractivity contribution in [1.82, 2.24) is 0 Å². The van der Waals surface area contributed by atoms with Crippen LogP contribution >= 0.6 is 0 Å². The molecule has 0 amide bonds. The molecule has 1 aromatic rings. The highest BCUT2D eigenvalue weighted by molar-refractivity contribution is 6.05. The van der Waals surface area contributed by atoms with Crippen molar-refractivity contribution in [3.63, 3.8) is 0 Å². The van der Waals surface area contributed by atoms with Crippen LogP contribution in [0.2, 0.25) is 0 Å². The summed E-state index contributed by atoms with van der Waals surface area (Å²) < 4.78 is 0. The van der Waals surface area contributed by atoms with Gasteiger partial charge in [-0.15, -0.1) is 0 Å². The molecule has 0 saturated carbocycles. The quantitative estimate of drug-likeness (QED) is 0.608. The molecule has 0 unspecified atom stereocenters. The van der Waals surface area contributed by atoms with Crippen molar-refractivity contribution in [2.75, 3.05) is 0 Å². The maximum Gasteiger partial charge on any atom is 0.311 e. The van der Waals surface area contributed by atoms with Crippen LogP contribution in [-0.4, -0.2) is 16.9 Å². The summed E-state index contributed by atoms with van der Waals surface area (Å²) in [6, 6.07) is 7.08. The van der Waals surface area contributed by atoms with Gasteiger partial charge in [0.15, 0.2) is 5.78 Å². The second kappa shape index (κ2) is 4.73. The van der Waals surface area contributed by atoms with Gasteiger partial charge in [0.2, 0.25) is 0 Å². The topological polar surface area (TPSA) is 54.4 Å². The van der Waals surface area contributed by atoms with Gasteiger partial charge in [-0.2, -0.15) is 0 Å². The Hall–Kier alpha value is -1.64. The first-order chi connectivity index (χ1) is 7.00. The number of hydrogen-bond donors (Lipinski definition) is 1. The van der Waals surface area contributed by atoms with Gasteiger partial charge in [0.25, 0.3) is 0 Å². The second-order valence-electron chi connectivity index (χ2n) is 3.77. The number of Topliss-reactive ketones (excluding diaryl/α,β-unsaturated/α-hetero) is 1. The number of carbonyl (C=O) groups excluding carboxylic acids is 1. The van der Waals surface area contributed by atoms with Crippen molar-refractivity contribution in [3.8, 4) is 0 Å². The monoisotopic (exact) mass is 206 g/mol. The SMILES string of the molecule is CC(C)c1ccc(C(=O)CC(=O)O)cc1. The molecule has 0 aliphatic carbocycles. The van der Waals surface area contributed by atoms with E-state index in [-0.39, 0.29) is 5.78 Å². The largest absolute Gasteiger partial charge is 0.481 e. The molecule has 0 aliphatic rings. The summed E-state index contributed by atoms with van der Waals surface area (Å²) in [6.07, 6.45) is -0.443. The zero-order valence-corrected chi connectivity index (χ0v) is 8.86. The third-order valence-corrected chi connectivity index (χ3v) is 2.21. The molecular weight excluding hydrogens is 192 g/mol. The van der Waals surface area contributed by atoms with E-state index < -0.39 is 12.4 Å². The number of benzene rings is 1. The van der Waals surface area contributed by atoms with Crippen molar-refractivity contribution < 1.29 is 14.7 Å². The number of carboxylic acid groups (broad SMARTS) is 1. The van der Waals surface area contributed by atoms with Crippen LogP contribution in [0.5, 0.6) is 0 Å².